The van der Waals surface area contributed by atoms with Gasteiger partial charge in [-0.05, 0) is 71.6 Å². The first-order valence-electron chi connectivity index (χ1n) is 8.42. The maximum atomic E-state index is 11.7. The van der Waals surface area contributed by atoms with Crippen LogP contribution in [0.25, 0.3) is 0 Å². The number of aliphatic hydroxyl groups is 1. The summed E-state index contributed by atoms with van der Waals surface area (Å²) in [6.07, 6.45) is 12.6. The van der Waals surface area contributed by atoms with Crippen LogP contribution in [0.3, 0.4) is 0 Å². The van der Waals surface area contributed by atoms with Gasteiger partial charge in [0.05, 0.1) is 0 Å². The molecule has 1 aliphatic carbocycles. The number of carbonyl (C=O) groups excluding carboxylic acids is 2. The van der Waals surface area contributed by atoms with Gasteiger partial charge in [-0.15, -0.1) is 0 Å². The zero-order chi connectivity index (χ0) is 18.1. The lowest BCUT2D eigenvalue weighted by Crippen LogP contribution is -2.19. The van der Waals surface area contributed by atoms with Crippen LogP contribution in [-0.2, 0) is 9.59 Å². The topological polar surface area (TPSA) is 54.4 Å². The molecule has 0 radical (unpaired) electrons. The second kappa shape index (κ2) is 9.99. The standard InChI is InChI=1S/C21H28O3/c1-15(2)7-5-8-16(3)9-6-10-17(4)13-21(24)19-14-18(22)11-12-20(19)23/h7,9,11-14,21,24H,5-6,8,10H2,1-4H3. The van der Waals surface area contributed by atoms with Crippen LogP contribution in [0.2, 0.25) is 0 Å². The van der Waals surface area contributed by atoms with Crippen molar-refractivity contribution in [1.82, 2.24) is 0 Å². The zero-order valence-electron chi connectivity index (χ0n) is 15.1. The van der Waals surface area contributed by atoms with Crippen LogP contribution in [0.5, 0.6) is 0 Å². The first kappa shape index (κ1) is 20.0. The first-order chi connectivity index (χ1) is 11.3. The third kappa shape index (κ3) is 7.51. The van der Waals surface area contributed by atoms with Gasteiger partial charge in [-0.25, -0.2) is 0 Å². The number of rotatable bonds is 8. The van der Waals surface area contributed by atoms with Crippen molar-refractivity contribution in [3.63, 3.8) is 0 Å². The van der Waals surface area contributed by atoms with Crippen LogP contribution < -0.4 is 0 Å². The highest BCUT2D eigenvalue weighted by molar-refractivity contribution is 6.17. The molecule has 1 aliphatic rings. The average molecular weight is 328 g/mol. The quantitative estimate of drug-likeness (QED) is 0.531. The van der Waals surface area contributed by atoms with E-state index < -0.39 is 6.10 Å². The van der Waals surface area contributed by atoms with Crippen molar-refractivity contribution in [2.45, 2.75) is 59.5 Å². The van der Waals surface area contributed by atoms with Crippen LogP contribution in [0.15, 0.2) is 58.7 Å². The highest BCUT2D eigenvalue weighted by Gasteiger charge is 2.19. The molecule has 1 N–H and O–H groups in total. The van der Waals surface area contributed by atoms with E-state index in [9.17, 15) is 14.7 Å². The summed E-state index contributed by atoms with van der Waals surface area (Å²) in [6.45, 7) is 8.28. The normalized spacial score (nSPS) is 17.0. The number of hydrogen-bond donors (Lipinski definition) is 1. The Morgan fingerprint density at radius 3 is 2.29 bits per heavy atom. The lowest BCUT2D eigenvalue weighted by molar-refractivity contribution is -0.115. The van der Waals surface area contributed by atoms with E-state index in [1.54, 1.807) is 6.08 Å². The third-order valence-corrected chi connectivity index (χ3v) is 3.87. The number of ketones is 2. The molecule has 0 amide bonds. The molecule has 1 unspecified atom stereocenters. The number of hydrogen-bond acceptors (Lipinski definition) is 3. The molecule has 1 atom stereocenters. The van der Waals surface area contributed by atoms with Crippen LogP contribution in [0.4, 0.5) is 0 Å². The van der Waals surface area contributed by atoms with E-state index in [1.165, 1.54) is 29.4 Å². The molecule has 0 heterocycles. The van der Waals surface area contributed by atoms with E-state index in [-0.39, 0.29) is 17.1 Å². The van der Waals surface area contributed by atoms with E-state index in [0.29, 0.717) is 0 Å². The van der Waals surface area contributed by atoms with Crippen molar-refractivity contribution in [1.29, 1.82) is 0 Å². The molecule has 0 aromatic heterocycles. The van der Waals surface area contributed by atoms with Gasteiger partial charge >= 0.3 is 0 Å². The van der Waals surface area contributed by atoms with Crippen LogP contribution >= 0.6 is 0 Å². The summed E-state index contributed by atoms with van der Waals surface area (Å²) in [5, 5.41) is 10.1. The van der Waals surface area contributed by atoms with Gasteiger partial charge in [-0.2, -0.15) is 0 Å². The fourth-order valence-corrected chi connectivity index (χ4v) is 2.44. The van der Waals surface area contributed by atoms with Gasteiger partial charge in [0.15, 0.2) is 11.6 Å². The van der Waals surface area contributed by atoms with Gasteiger partial charge in [-0.3, -0.25) is 9.59 Å². The summed E-state index contributed by atoms with van der Waals surface area (Å²) in [4.78, 5) is 23.0. The minimum Gasteiger partial charge on any atom is -0.384 e. The smallest absolute Gasteiger partial charge is 0.185 e. The fraction of sp³-hybridized carbons (Fsp3) is 0.429. The Kier molecular flexibility index (Phi) is 8.34. The van der Waals surface area contributed by atoms with Gasteiger partial charge in [0, 0.05) is 5.57 Å². The molecule has 0 saturated heterocycles. The molecule has 24 heavy (non-hydrogen) atoms. The lowest BCUT2D eigenvalue weighted by Gasteiger charge is -2.12. The van der Waals surface area contributed by atoms with Crippen molar-refractivity contribution in [3.8, 4) is 0 Å². The van der Waals surface area contributed by atoms with Crippen LogP contribution in [-0.4, -0.2) is 22.8 Å². The van der Waals surface area contributed by atoms with Gasteiger partial charge in [0.2, 0.25) is 0 Å². The van der Waals surface area contributed by atoms with Crippen molar-refractivity contribution < 1.29 is 14.7 Å². The zero-order valence-corrected chi connectivity index (χ0v) is 15.1. The average Bonchev–Trinajstić information content (AvgIpc) is 2.49. The molecule has 130 valence electrons. The fourth-order valence-electron chi connectivity index (χ4n) is 2.44. The van der Waals surface area contributed by atoms with Crippen molar-refractivity contribution in [2.75, 3.05) is 0 Å². The minimum absolute atomic E-state index is 0.148. The summed E-state index contributed by atoms with van der Waals surface area (Å²) >= 11 is 0. The lowest BCUT2D eigenvalue weighted by atomic mass is 9.96. The number of allylic oxidation sites excluding steroid dienone is 8. The van der Waals surface area contributed by atoms with E-state index in [2.05, 4.69) is 32.9 Å². The highest BCUT2D eigenvalue weighted by atomic mass is 16.3. The molecule has 0 aromatic carbocycles. The predicted molar refractivity (Wildman–Crippen MR) is 98.7 cm³/mol. The molecule has 0 saturated carbocycles. The highest BCUT2D eigenvalue weighted by Crippen LogP contribution is 2.16. The Bertz CT molecular complexity index is 623. The Hall–Kier alpha value is -2.00. The van der Waals surface area contributed by atoms with E-state index in [0.717, 1.165) is 31.3 Å². The second-order valence-electron chi connectivity index (χ2n) is 6.57. The van der Waals surface area contributed by atoms with Crippen molar-refractivity contribution >= 4 is 11.6 Å². The Morgan fingerprint density at radius 1 is 1.00 bits per heavy atom. The molecule has 0 fully saturated rings. The van der Waals surface area contributed by atoms with E-state index in [4.69, 9.17) is 0 Å². The molecule has 0 aliphatic heterocycles. The summed E-state index contributed by atoms with van der Waals surface area (Å²) < 4.78 is 0. The number of carbonyl (C=O) groups is 2. The molecule has 1 rings (SSSR count). The molecule has 3 heteroatoms. The van der Waals surface area contributed by atoms with Crippen LogP contribution in [0, 0.1) is 0 Å². The third-order valence-electron chi connectivity index (χ3n) is 3.87. The summed E-state index contributed by atoms with van der Waals surface area (Å²) in [7, 11) is 0. The molecule has 3 nitrogen and oxygen atoms in total. The molecule has 0 aromatic rings. The van der Waals surface area contributed by atoms with Gasteiger partial charge in [0.1, 0.15) is 6.10 Å². The summed E-state index contributed by atoms with van der Waals surface area (Å²) in [5.41, 5.74) is 3.86. The maximum Gasteiger partial charge on any atom is 0.185 e. The van der Waals surface area contributed by atoms with E-state index >= 15 is 0 Å². The molecule has 0 bridgehead atoms. The van der Waals surface area contributed by atoms with Gasteiger partial charge in [-0.1, -0.05) is 34.9 Å². The minimum atomic E-state index is -1.02. The second-order valence-corrected chi connectivity index (χ2v) is 6.57. The van der Waals surface area contributed by atoms with Gasteiger partial charge in [0.25, 0.3) is 0 Å². The molecular formula is C21H28O3. The Labute approximate surface area is 145 Å². The monoisotopic (exact) mass is 328 g/mol. The molecular weight excluding hydrogens is 300 g/mol. The first-order valence-corrected chi connectivity index (χ1v) is 8.42. The Balaban J connectivity index is 2.51. The summed E-state index contributed by atoms with van der Waals surface area (Å²) in [6, 6.07) is 0. The maximum absolute atomic E-state index is 11.7. The van der Waals surface area contributed by atoms with Gasteiger partial charge < -0.3 is 5.11 Å². The van der Waals surface area contributed by atoms with Crippen LogP contribution in [0.1, 0.15) is 53.4 Å². The van der Waals surface area contributed by atoms with E-state index in [1.807, 2.05) is 6.92 Å². The SMILES string of the molecule is CC(C)=CCCC(C)=CCCC(C)=CC(O)C1=CC(=O)C=CC1=O. The molecule has 0 spiro atoms. The van der Waals surface area contributed by atoms with Crippen molar-refractivity contribution in [3.05, 3.63) is 58.7 Å². The predicted octanol–water partition coefficient (Wildman–Crippen LogP) is 4.40. The number of aliphatic hydroxyl groups excluding tert-OH is 1. The largest absolute Gasteiger partial charge is 0.384 e. The van der Waals surface area contributed by atoms with Crippen molar-refractivity contribution in [2.24, 2.45) is 0 Å². The summed E-state index contributed by atoms with van der Waals surface area (Å²) in [5.74, 6) is -0.564. The Morgan fingerprint density at radius 2 is 1.62 bits per heavy atom.